The van der Waals surface area contributed by atoms with Gasteiger partial charge in [-0.2, -0.15) is 4.98 Å². The molecule has 1 amide bonds. The van der Waals surface area contributed by atoms with Crippen LogP contribution in [0, 0.1) is 6.92 Å². The van der Waals surface area contributed by atoms with Crippen LogP contribution in [0.3, 0.4) is 0 Å². The van der Waals surface area contributed by atoms with Gasteiger partial charge in [0.2, 0.25) is 11.8 Å². The number of amides is 1. The van der Waals surface area contributed by atoms with E-state index in [0.717, 1.165) is 57.8 Å². The van der Waals surface area contributed by atoms with E-state index in [1.165, 1.54) is 0 Å². The van der Waals surface area contributed by atoms with Gasteiger partial charge < -0.3 is 20.1 Å². The van der Waals surface area contributed by atoms with Gasteiger partial charge in [0.05, 0.1) is 0 Å². The normalized spacial score (nSPS) is 14.6. The lowest BCUT2D eigenvalue weighted by Gasteiger charge is -2.15. The van der Waals surface area contributed by atoms with Crippen molar-refractivity contribution in [2.45, 2.75) is 46.0 Å². The zero-order chi connectivity index (χ0) is 17.2. The fourth-order valence-electron chi connectivity index (χ4n) is 2.62. The van der Waals surface area contributed by atoms with E-state index >= 15 is 0 Å². The summed E-state index contributed by atoms with van der Waals surface area (Å²) in [6.07, 6.45) is 4.24. The molecule has 2 N–H and O–H groups in total. The third-order valence-electron chi connectivity index (χ3n) is 3.80. The van der Waals surface area contributed by atoms with E-state index in [1.807, 2.05) is 18.7 Å². The maximum atomic E-state index is 11.5. The lowest BCUT2D eigenvalue weighted by atomic mass is 10.3. The Kier molecular flexibility index (Phi) is 10.4. The second-order valence-electron chi connectivity index (χ2n) is 5.86. The summed E-state index contributed by atoms with van der Waals surface area (Å²) in [6.45, 7) is 7.88. The van der Waals surface area contributed by atoms with Crippen molar-refractivity contribution in [3.05, 3.63) is 11.7 Å². The number of nitrogens with zero attached hydrogens (tertiary/aromatic N) is 4. The van der Waals surface area contributed by atoms with Crippen LogP contribution < -0.4 is 10.6 Å². The summed E-state index contributed by atoms with van der Waals surface area (Å²) in [5.41, 5.74) is 0. The summed E-state index contributed by atoms with van der Waals surface area (Å²) < 4.78 is 5.09. The van der Waals surface area contributed by atoms with E-state index in [0.29, 0.717) is 24.7 Å². The van der Waals surface area contributed by atoms with Gasteiger partial charge in [-0.1, -0.05) is 5.16 Å². The summed E-state index contributed by atoms with van der Waals surface area (Å²) in [4.78, 5) is 22.2. The second kappa shape index (κ2) is 12.0. The predicted molar refractivity (Wildman–Crippen MR) is 107 cm³/mol. The van der Waals surface area contributed by atoms with Crippen molar-refractivity contribution in [3.8, 4) is 0 Å². The Labute approximate surface area is 166 Å². The van der Waals surface area contributed by atoms with Gasteiger partial charge in [-0.05, 0) is 33.1 Å². The molecular weight excluding hydrogens is 435 g/mol. The number of carbonyl (C=O) groups excluding carboxylic acids is 1. The van der Waals surface area contributed by atoms with Crippen LogP contribution in [0.15, 0.2) is 9.52 Å². The average Bonchev–Trinajstić information content (AvgIpc) is 3.16. The molecule has 1 aromatic heterocycles. The summed E-state index contributed by atoms with van der Waals surface area (Å²) in [6, 6.07) is 0. The Morgan fingerprint density at radius 2 is 2.20 bits per heavy atom. The van der Waals surface area contributed by atoms with Crippen LogP contribution in [-0.2, 0) is 11.2 Å². The number of rotatable bonds is 9. The van der Waals surface area contributed by atoms with Gasteiger partial charge in [-0.15, -0.1) is 24.0 Å². The van der Waals surface area contributed by atoms with E-state index in [2.05, 4.69) is 25.8 Å². The smallest absolute Gasteiger partial charge is 0.226 e. The minimum Gasteiger partial charge on any atom is -0.357 e. The molecule has 0 spiro atoms. The number of aromatic nitrogens is 2. The molecule has 1 fully saturated rings. The molecule has 0 unspecified atom stereocenters. The largest absolute Gasteiger partial charge is 0.357 e. The van der Waals surface area contributed by atoms with Crippen molar-refractivity contribution < 1.29 is 9.32 Å². The van der Waals surface area contributed by atoms with E-state index < -0.39 is 0 Å². The summed E-state index contributed by atoms with van der Waals surface area (Å²) >= 11 is 0. The van der Waals surface area contributed by atoms with Gasteiger partial charge in [0, 0.05) is 45.6 Å². The van der Waals surface area contributed by atoms with Gasteiger partial charge in [0.25, 0.3) is 0 Å². The van der Waals surface area contributed by atoms with Crippen LogP contribution in [0.25, 0.3) is 0 Å². The Hall–Kier alpha value is -1.39. The number of nitrogens with one attached hydrogen (secondary N) is 2. The predicted octanol–water partition coefficient (Wildman–Crippen LogP) is 1.50. The Bertz CT molecular complexity index is 548. The number of hydrogen-bond donors (Lipinski definition) is 2. The minimum absolute atomic E-state index is 0. The number of halogens is 1. The fourth-order valence-corrected chi connectivity index (χ4v) is 2.62. The standard InChI is InChI=1S/C16H28N6O2.HI/c1-3-17-16(18-9-4-7-14-20-13(2)21-24-14)19-10-6-12-22-11-5-8-15(22)23;/h3-12H2,1-2H3,(H2,17,18,19);1H. The van der Waals surface area contributed by atoms with Crippen LogP contribution in [-0.4, -0.2) is 59.6 Å². The van der Waals surface area contributed by atoms with Crippen molar-refractivity contribution in [1.29, 1.82) is 0 Å². The van der Waals surface area contributed by atoms with Gasteiger partial charge in [-0.25, -0.2) is 0 Å². The first kappa shape index (κ1) is 21.7. The molecule has 142 valence electrons. The molecule has 1 aliphatic rings. The highest BCUT2D eigenvalue weighted by atomic mass is 127. The van der Waals surface area contributed by atoms with Gasteiger partial charge in [0.1, 0.15) is 0 Å². The molecule has 0 aliphatic carbocycles. The molecule has 0 bridgehead atoms. The van der Waals surface area contributed by atoms with Gasteiger partial charge in [-0.3, -0.25) is 9.79 Å². The number of carbonyl (C=O) groups is 1. The molecule has 8 nitrogen and oxygen atoms in total. The lowest BCUT2D eigenvalue weighted by Crippen LogP contribution is -2.38. The Morgan fingerprint density at radius 1 is 1.36 bits per heavy atom. The van der Waals surface area contributed by atoms with Crippen molar-refractivity contribution in [2.24, 2.45) is 4.99 Å². The quantitative estimate of drug-likeness (QED) is 0.249. The topological polar surface area (TPSA) is 95.7 Å². The lowest BCUT2D eigenvalue weighted by molar-refractivity contribution is -0.127. The summed E-state index contributed by atoms with van der Waals surface area (Å²) in [5, 5.41) is 10.3. The number of aliphatic imine (C=N–C) groups is 1. The SMILES string of the molecule is CCNC(=NCCCN1CCCC1=O)NCCCc1nc(C)no1.I. The first-order chi connectivity index (χ1) is 11.7. The monoisotopic (exact) mass is 464 g/mol. The summed E-state index contributed by atoms with van der Waals surface area (Å²) in [7, 11) is 0. The first-order valence-electron chi connectivity index (χ1n) is 8.78. The van der Waals surface area contributed by atoms with E-state index in [-0.39, 0.29) is 29.9 Å². The van der Waals surface area contributed by atoms with Crippen LogP contribution in [0.1, 0.15) is 44.3 Å². The molecule has 25 heavy (non-hydrogen) atoms. The van der Waals surface area contributed by atoms with Crippen molar-refractivity contribution in [3.63, 3.8) is 0 Å². The molecule has 2 rings (SSSR count). The van der Waals surface area contributed by atoms with E-state index in [4.69, 9.17) is 4.52 Å². The van der Waals surface area contributed by atoms with Crippen LogP contribution in [0.5, 0.6) is 0 Å². The van der Waals surface area contributed by atoms with Crippen LogP contribution >= 0.6 is 24.0 Å². The molecule has 1 aliphatic heterocycles. The summed E-state index contributed by atoms with van der Waals surface area (Å²) in [5.74, 6) is 2.43. The molecule has 2 heterocycles. The molecule has 9 heteroatoms. The number of hydrogen-bond acceptors (Lipinski definition) is 5. The third-order valence-corrected chi connectivity index (χ3v) is 3.80. The molecule has 0 radical (unpaired) electrons. The molecule has 0 saturated carbocycles. The molecule has 1 aromatic rings. The van der Waals surface area contributed by atoms with Crippen molar-refractivity contribution >= 4 is 35.8 Å². The van der Waals surface area contributed by atoms with Crippen molar-refractivity contribution in [1.82, 2.24) is 25.7 Å². The minimum atomic E-state index is 0. The number of aryl methyl sites for hydroxylation is 2. The van der Waals surface area contributed by atoms with Gasteiger partial charge in [0.15, 0.2) is 11.8 Å². The van der Waals surface area contributed by atoms with Crippen LogP contribution in [0.4, 0.5) is 0 Å². The third kappa shape index (κ3) is 8.02. The molecule has 1 saturated heterocycles. The zero-order valence-corrected chi connectivity index (χ0v) is 17.4. The average molecular weight is 464 g/mol. The second-order valence-corrected chi connectivity index (χ2v) is 5.86. The fraction of sp³-hybridized carbons (Fsp3) is 0.750. The molecular formula is C16H29IN6O2. The van der Waals surface area contributed by atoms with E-state index in [9.17, 15) is 4.79 Å². The van der Waals surface area contributed by atoms with Crippen molar-refractivity contribution in [2.75, 3.05) is 32.7 Å². The highest BCUT2D eigenvalue weighted by molar-refractivity contribution is 14.0. The molecule has 0 aromatic carbocycles. The Morgan fingerprint density at radius 3 is 2.84 bits per heavy atom. The highest BCUT2D eigenvalue weighted by Gasteiger charge is 2.18. The zero-order valence-electron chi connectivity index (χ0n) is 15.1. The maximum absolute atomic E-state index is 11.5. The van der Waals surface area contributed by atoms with E-state index in [1.54, 1.807) is 0 Å². The Balaban J connectivity index is 0.00000312. The number of guanidine groups is 1. The first-order valence-corrected chi connectivity index (χ1v) is 8.78. The maximum Gasteiger partial charge on any atom is 0.226 e. The van der Waals surface area contributed by atoms with Gasteiger partial charge >= 0.3 is 0 Å². The molecule has 0 atom stereocenters. The highest BCUT2D eigenvalue weighted by Crippen LogP contribution is 2.09. The number of likely N-dealkylation sites (tertiary alicyclic amines) is 1. The van der Waals surface area contributed by atoms with Crippen LogP contribution in [0.2, 0.25) is 0 Å².